The Morgan fingerprint density at radius 1 is 1.14 bits per heavy atom. The number of rotatable bonds is 1. The normalized spacial score (nSPS) is 42.8. The molecule has 3 saturated carbocycles. The van der Waals surface area contributed by atoms with E-state index in [1.165, 1.54) is 24.8 Å². The number of ketones is 1. The number of carbonyl (C=O) groups is 2. The first-order valence-electron chi connectivity index (χ1n) is 8.89. The number of carboxylic acids is 1. The average Bonchev–Trinajstić information content (AvgIpc) is 2.85. The number of hydrogen-bond acceptors (Lipinski definition) is 2. The van der Waals surface area contributed by atoms with Gasteiger partial charge in [0.15, 0.2) is 0 Å². The van der Waals surface area contributed by atoms with Crippen molar-refractivity contribution < 1.29 is 14.7 Å². The molecule has 0 aliphatic heterocycles. The molecule has 3 nitrogen and oxygen atoms in total. The van der Waals surface area contributed by atoms with Gasteiger partial charge in [-0.1, -0.05) is 25.8 Å². The van der Waals surface area contributed by atoms with Gasteiger partial charge in [0.1, 0.15) is 5.78 Å². The topological polar surface area (TPSA) is 54.4 Å². The summed E-state index contributed by atoms with van der Waals surface area (Å²) in [6.45, 7) is 4.70. The molecule has 4 atom stereocenters. The van der Waals surface area contributed by atoms with E-state index in [9.17, 15) is 14.7 Å². The van der Waals surface area contributed by atoms with Crippen LogP contribution in [0.25, 0.3) is 0 Å². The van der Waals surface area contributed by atoms with Crippen molar-refractivity contribution in [2.24, 2.45) is 28.6 Å². The molecule has 1 N–H and O–H groups in total. The third-order valence-corrected chi connectivity index (χ3v) is 7.76. The molecule has 4 aliphatic carbocycles. The van der Waals surface area contributed by atoms with Crippen LogP contribution in [0.3, 0.4) is 0 Å². The molecule has 22 heavy (non-hydrogen) atoms. The number of carbonyl (C=O) groups excluding carboxylic acids is 1. The molecule has 0 amide bonds. The zero-order valence-electron chi connectivity index (χ0n) is 13.7. The van der Waals surface area contributed by atoms with Crippen molar-refractivity contribution in [2.75, 3.05) is 0 Å². The minimum absolute atomic E-state index is 0.00565. The van der Waals surface area contributed by atoms with Gasteiger partial charge in [0, 0.05) is 17.4 Å². The van der Waals surface area contributed by atoms with Crippen molar-refractivity contribution in [1.29, 1.82) is 0 Å². The quantitative estimate of drug-likeness (QED) is 0.797. The fourth-order valence-electron chi connectivity index (χ4n) is 6.67. The van der Waals surface area contributed by atoms with Gasteiger partial charge in [0.2, 0.25) is 0 Å². The van der Waals surface area contributed by atoms with Crippen molar-refractivity contribution in [3.8, 4) is 0 Å². The molecule has 4 rings (SSSR count). The fraction of sp³-hybridized carbons (Fsp3) is 0.789. The zero-order chi connectivity index (χ0) is 15.7. The number of Topliss-reactive ketones (excluding diaryl/α,β-unsaturated/α-hetero) is 1. The maximum Gasteiger partial charge on any atom is 0.332 e. The second kappa shape index (κ2) is 4.46. The minimum Gasteiger partial charge on any atom is -0.478 e. The van der Waals surface area contributed by atoms with Crippen LogP contribution in [0.2, 0.25) is 0 Å². The predicted molar refractivity (Wildman–Crippen MR) is 83.3 cm³/mol. The van der Waals surface area contributed by atoms with Gasteiger partial charge in [0.25, 0.3) is 0 Å². The van der Waals surface area contributed by atoms with E-state index in [1.54, 1.807) is 0 Å². The highest BCUT2D eigenvalue weighted by Crippen LogP contribution is 2.74. The van der Waals surface area contributed by atoms with Crippen LogP contribution in [-0.4, -0.2) is 16.9 Å². The molecule has 3 heteroatoms. The van der Waals surface area contributed by atoms with Gasteiger partial charge in [-0.2, -0.15) is 0 Å². The number of carboxylic acid groups (broad SMARTS) is 1. The van der Waals surface area contributed by atoms with Crippen LogP contribution in [0.5, 0.6) is 0 Å². The third kappa shape index (κ3) is 1.53. The summed E-state index contributed by atoms with van der Waals surface area (Å²) in [6, 6.07) is 0. The van der Waals surface area contributed by atoms with Crippen molar-refractivity contribution in [2.45, 2.75) is 65.2 Å². The lowest BCUT2D eigenvalue weighted by Gasteiger charge is -2.52. The Balaban J connectivity index is 1.96. The number of fused-ring (bicyclic) bond motifs is 2. The van der Waals surface area contributed by atoms with Crippen molar-refractivity contribution >= 4 is 11.8 Å². The maximum atomic E-state index is 12.6. The molecule has 3 fully saturated rings. The summed E-state index contributed by atoms with van der Waals surface area (Å²) >= 11 is 0. The Hall–Kier alpha value is -1.12. The zero-order valence-corrected chi connectivity index (χ0v) is 13.7. The molecule has 0 aromatic carbocycles. The summed E-state index contributed by atoms with van der Waals surface area (Å²) in [6.07, 6.45) is 7.98. The number of hydrogen-bond donors (Lipinski definition) is 1. The summed E-state index contributed by atoms with van der Waals surface area (Å²) in [7, 11) is 0. The largest absolute Gasteiger partial charge is 0.478 e. The first-order chi connectivity index (χ1) is 10.4. The van der Waals surface area contributed by atoms with Gasteiger partial charge < -0.3 is 5.11 Å². The number of aliphatic carboxylic acids is 1. The van der Waals surface area contributed by atoms with E-state index in [0.717, 1.165) is 25.7 Å². The molecular weight excluding hydrogens is 276 g/mol. The lowest BCUT2D eigenvalue weighted by atomic mass is 9.51. The minimum atomic E-state index is -0.826. The van der Waals surface area contributed by atoms with Gasteiger partial charge in [-0.25, -0.2) is 4.79 Å². The van der Waals surface area contributed by atoms with Gasteiger partial charge in [-0.05, 0) is 55.8 Å². The summed E-state index contributed by atoms with van der Waals surface area (Å²) < 4.78 is 0. The van der Waals surface area contributed by atoms with Crippen LogP contribution in [0, 0.1) is 28.6 Å². The van der Waals surface area contributed by atoms with Crippen LogP contribution in [-0.2, 0) is 9.59 Å². The maximum absolute atomic E-state index is 12.6. The van der Waals surface area contributed by atoms with E-state index in [2.05, 4.69) is 13.8 Å². The molecule has 0 heterocycles. The Labute approximate surface area is 132 Å². The van der Waals surface area contributed by atoms with Crippen LogP contribution in [0.15, 0.2) is 11.1 Å². The van der Waals surface area contributed by atoms with E-state index in [0.29, 0.717) is 23.8 Å². The average molecular weight is 302 g/mol. The molecular formula is C19H26O3. The number of allylic oxidation sites excluding steroid dienone is 1. The Morgan fingerprint density at radius 3 is 2.59 bits per heavy atom. The van der Waals surface area contributed by atoms with E-state index in [1.807, 2.05) is 0 Å². The predicted octanol–water partition coefficient (Wildman–Crippen LogP) is 3.97. The van der Waals surface area contributed by atoms with Gasteiger partial charge in [-0.15, -0.1) is 0 Å². The van der Waals surface area contributed by atoms with Crippen LogP contribution < -0.4 is 0 Å². The lowest BCUT2D eigenvalue weighted by Crippen LogP contribution is -2.46. The summed E-state index contributed by atoms with van der Waals surface area (Å²) in [5.74, 6) is 0.220. The van der Waals surface area contributed by atoms with Crippen molar-refractivity contribution in [1.82, 2.24) is 0 Å². The molecule has 4 unspecified atom stereocenters. The summed E-state index contributed by atoms with van der Waals surface area (Å²) in [5.41, 5.74) is 1.83. The first-order valence-corrected chi connectivity index (χ1v) is 8.89. The lowest BCUT2D eigenvalue weighted by molar-refractivity contribution is -0.135. The van der Waals surface area contributed by atoms with Crippen molar-refractivity contribution in [3.05, 3.63) is 11.1 Å². The van der Waals surface area contributed by atoms with Crippen LogP contribution >= 0.6 is 0 Å². The molecule has 120 valence electrons. The molecule has 0 aromatic heterocycles. The Bertz CT molecular complexity index is 585. The molecule has 0 aromatic rings. The first kappa shape index (κ1) is 14.5. The van der Waals surface area contributed by atoms with Crippen molar-refractivity contribution in [3.63, 3.8) is 0 Å². The second-order valence-corrected chi connectivity index (χ2v) is 8.53. The second-order valence-electron chi connectivity index (χ2n) is 8.53. The molecule has 1 spiro atoms. The monoisotopic (exact) mass is 302 g/mol. The van der Waals surface area contributed by atoms with Crippen LogP contribution in [0.4, 0.5) is 0 Å². The SMILES string of the molecule is CC1(C)C2CCC3CCCCC(=O)C4CC31C(=C4C(=O)O)C2. The Morgan fingerprint density at radius 2 is 1.86 bits per heavy atom. The van der Waals surface area contributed by atoms with E-state index >= 15 is 0 Å². The van der Waals surface area contributed by atoms with E-state index in [-0.39, 0.29) is 22.5 Å². The van der Waals surface area contributed by atoms with Gasteiger partial charge in [0.05, 0.1) is 5.92 Å². The Kier molecular flexibility index (Phi) is 2.93. The van der Waals surface area contributed by atoms with Gasteiger partial charge >= 0.3 is 5.97 Å². The fourth-order valence-corrected chi connectivity index (χ4v) is 6.67. The molecule has 3 bridgehead atoms. The molecule has 4 aliphatic rings. The third-order valence-electron chi connectivity index (χ3n) is 7.76. The molecule has 0 radical (unpaired) electrons. The standard InChI is InChI=1S/C19H26O3/c1-18(2)12-8-7-11-5-3-4-6-15(20)13-10-19(11,18)14(9-12)16(13)17(21)22/h11-13H,3-10H2,1-2H3,(H,21,22). The van der Waals surface area contributed by atoms with E-state index < -0.39 is 5.97 Å². The smallest absolute Gasteiger partial charge is 0.332 e. The summed E-state index contributed by atoms with van der Waals surface area (Å²) in [4.78, 5) is 24.6. The molecule has 0 saturated heterocycles. The highest BCUT2D eigenvalue weighted by Gasteiger charge is 2.67. The van der Waals surface area contributed by atoms with Gasteiger partial charge in [-0.3, -0.25) is 4.79 Å². The summed E-state index contributed by atoms with van der Waals surface area (Å²) in [5, 5.41) is 9.83. The highest BCUT2D eigenvalue weighted by molar-refractivity contribution is 5.99. The van der Waals surface area contributed by atoms with E-state index in [4.69, 9.17) is 0 Å². The van der Waals surface area contributed by atoms with Crippen LogP contribution in [0.1, 0.15) is 65.2 Å². The highest BCUT2D eigenvalue weighted by atomic mass is 16.4.